The van der Waals surface area contributed by atoms with Crippen LogP contribution >= 0.6 is 0 Å². The number of amides is 1. The summed E-state index contributed by atoms with van der Waals surface area (Å²) in [6.07, 6.45) is -3.94. The number of hydrogen-bond donors (Lipinski definition) is 0. The summed E-state index contributed by atoms with van der Waals surface area (Å²) in [5.74, 6) is 0.472. The summed E-state index contributed by atoms with van der Waals surface area (Å²) >= 11 is 0. The predicted molar refractivity (Wildman–Crippen MR) is 83.9 cm³/mol. The lowest BCUT2D eigenvalue weighted by molar-refractivity contribution is -0.137. The SMILES string of the molecule is C[C@@H]1CN(C(=O)OC(C)(C)C)CCN1c1ccc(C(F)(F)F)cn1. The van der Waals surface area contributed by atoms with Gasteiger partial charge in [0, 0.05) is 31.9 Å². The fourth-order valence-corrected chi connectivity index (χ4v) is 2.51. The van der Waals surface area contributed by atoms with Crippen LogP contribution in [0.15, 0.2) is 18.3 Å². The Hall–Kier alpha value is -1.99. The van der Waals surface area contributed by atoms with Crippen LogP contribution in [0.25, 0.3) is 0 Å². The van der Waals surface area contributed by atoms with Crippen LogP contribution in [0.2, 0.25) is 0 Å². The molecule has 0 N–H and O–H groups in total. The molecule has 0 unspecified atom stereocenters. The number of alkyl halides is 3. The van der Waals surface area contributed by atoms with Gasteiger partial charge in [0.1, 0.15) is 11.4 Å². The lowest BCUT2D eigenvalue weighted by Gasteiger charge is -2.40. The number of carbonyl (C=O) groups is 1. The quantitative estimate of drug-likeness (QED) is 0.781. The Labute approximate surface area is 139 Å². The minimum absolute atomic E-state index is 0.0736. The first kappa shape index (κ1) is 18.4. The molecule has 134 valence electrons. The van der Waals surface area contributed by atoms with E-state index in [1.54, 1.807) is 25.7 Å². The van der Waals surface area contributed by atoms with E-state index in [0.717, 1.165) is 12.3 Å². The molecule has 8 heteroatoms. The lowest BCUT2D eigenvalue weighted by Crippen LogP contribution is -2.54. The second-order valence-electron chi connectivity index (χ2n) is 6.87. The van der Waals surface area contributed by atoms with Gasteiger partial charge in [0.2, 0.25) is 0 Å². The van der Waals surface area contributed by atoms with Gasteiger partial charge in [-0.1, -0.05) is 0 Å². The molecule has 0 aromatic carbocycles. The largest absolute Gasteiger partial charge is 0.444 e. The molecule has 0 spiro atoms. The van der Waals surface area contributed by atoms with Crippen molar-refractivity contribution < 1.29 is 22.7 Å². The highest BCUT2D eigenvalue weighted by Crippen LogP contribution is 2.30. The summed E-state index contributed by atoms with van der Waals surface area (Å²) < 4.78 is 43.2. The second-order valence-corrected chi connectivity index (χ2v) is 6.87. The number of halogens is 3. The van der Waals surface area contributed by atoms with E-state index in [9.17, 15) is 18.0 Å². The Morgan fingerprint density at radius 1 is 1.25 bits per heavy atom. The molecule has 1 aromatic heterocycles. The summed E-state index contributed by atoms with van der Waals surface area (Å²) in [7, 11) is 0. The standard InChI is InChI=1S/C16H22F3N3O2/c1-11-10-21(14(23)24-15(2,3)4)7-8-22(11)13-6-5-12(9-20-13)16(17,18)19/h5-6,9,11H,7-8,10H2,1-4H3/t11-/m1/s1. The monoisotopic (exact) mass is 345 g/mol. The van der Waals surface area contributed by atoms with Gasteiger partial charge in [-0.3, -0.25) is 0 Å². The molecule has 5 nitrogen and oxygen atoms in total. The van der Waals surface area contributed by atoms with Crippen LogP contribution in [0.4, 0.5) is 23.8 Å². The number of anilines is 1. The first-order valence-corrected chi connectivity index (χ1v) is 7.75. The number of piperazine rings is 1. The maximum atomic E-state index is 12.6. The number of rotatable bonds is 1. The molecule has 2 rings (SSSR count). The molecule has 0 aliphatic carbocycles. The van der Waals surface area contributed by atoms with Crippen molar-refractivity contribution in [2.45, 2.75) is 45.5 Å². The molecule has 1 amide bonds. The van der Waals surface area contributed by atoms with E-state index < -0.39 is 17.3 Å². The Balaban J connectivity index is 2.02. The fraction of sp³-hybridized carbons (Fsp3) is 0.625. The third-order valence-electron chi connectivity index (χ3n) is 3.65. The van der Waals surface area contributed by atoms with Gasteiger partial charge >= 0.3 is 12.3 Å². The van der Waals surface area contributed by atoms with Gasteiger partial charge in [0.25, 0.3) is 0 Å². The van der Waals surface area contributed by atoms with Crippen LogP contribution in [0.3, 0.4) is 0 Å². The molecule has 2 heterocycles. The van der Waals surface area contributed by atoms with Crippen molar-refractivity contribution in [2.75, 3.05) is 24.5 Å². The molecule has 1 fully saturated rings. The molecular formula is C16H22F3N3O2. The summed E-state index contributed by atoms with van der Waals surface area (Å²) in [6.45, 7) is 8.65. The molecule has 24 heavy (non-hydrogen) atoms. The summed E-state index contributed by atoms with van der Waals surface area (Å²) in [6, 6.07) is 2.31. The van der Waals surface area contributed by atoms with E-state index in [-0.39, 0.29) is 12.1 Å². The number of ether oxygens (including phenoxy) is 1. The molecule has 1 aliphatic rings. The third kappa shape index (κ3) is 4.52. The minimum atomic E-state index is -4.40. The van der Waals surface area contributed by atoms with Crippen LogP contribution in [-0.2, 0) is 10.9 Å². The van der Waals surface area contributed by atoms with Crippen LogP contribution < -0.4 is 4.90 Å². The molecule has 0 bridgehead atoms. The van der Waals surface area contributed by atoms with E-state index in [2.05, 4.69) is 4.98 Å². The lowest BCUT2D eigenvalue weighted by atomic mass is 10.2. The van der Waals surface area contributed by atoms with Gasteiger partial charge in [0.05, 0.1) is 5.56 Å². The van der Waals surface area contributed by atoms with E-state index in [0.29, 0.717) is 25.5 Å². The van der Waals surface area contributed by atoms with Crippen LogP contribution in [0.1, 0.15) is 33.3 Å². The number of hydrogen-bond acceptors (Lipinski definition) is 4. The van der Waals surface area contributed by atoms with Crippen LogP contribution in [0, 0.1) is 0 Å². The van der Waals surface area contributed by atoms with Gasteiger partial charge in [0.15, 0.2) is 0 Å². The normalized spacial score (nSPS) is 19.4. The number of pyridine rings is 1. The van der Waals surface area contributed by atoms with Gasteiger partial charge in [-0.2, -0.15) is 13.2 Å². The molecule has 0 radical (unpaired) electrons. The summed E-state index contributed by atoms with van der Waals surface area (Å²) in [5, 5.41) is 0. The molecule has 1 atom stereocenters. The van der Waals surface area contributed by atoms with Crippen molar-refractivity contribution in [1.82, 2.24) is 9.88 Å². The van der Waals surface area contributed by atoms with Crippen molar-refractivity contribution in [3.63, 3.8) is 0 Å². The van der Waals surface area contributed by atoms with Crippen molar-refractivity contribution in [3.05, 3.63) is 23.9 Å². The molecule has 0 saturated carbocycles. The van der Waals surface area contributed by atoms with Crippen molar-refractivity contribution in [2.24, 2.45) is 0 Å². The minimum Gasteiger partial charge on any atom is -0.444 e. The Morgan fingerprint density at radius 3 is 2.38 bits per heavy atom. The van der Waals surface area contributed by atoms with Crippen LogP contribution in [0.5, 0.6) is 0 Å². The fourth-order valence-electron chi connectivity index (χ4n) is 2.51. The van der Waals surface area contributed by atoms with E-state index in [1.807, 2.05) is 11.8 Å². The maximum absolute atomic E-state index is 12.6. The second kappa shape index (κ2) is 6.49. The zero-order valence-electron chi connectivity index (χ0n) is 14.2. The number of aromatic nitrogens is 1. The zero-order valence-corrected chi connectivity index (χ0v) is 14.2. The van der Waals surface area contributed by atoms with Crippen molar-refractivity contribution in [3.8, 4) is 0 Å². The molecule has 1 saturated heterocycles. The average molecular weight is 345 g/mol. The van der Waals surface area contributed by atoms with E-state index in [4.69, 9.17) is 4.74 Å². The average Bonchev–Trinajstić information content (AvgIpc) is 2.44. The molecule has 1 aliphatic heterocycles. The van der Waals surface area contributed by atoms with Gasteiger partial charge < -0.3 is 14.5 Å². The zero-order chi connectivity index (χ0) is 18.1. The molecule has 1 aromatic rings. The first-order valence-electron chi connectivity index (χ1n) is 7.75. The van der Waals surface area contributed by atoms with Gasteiger partial charge in [-0.05, 0) is 39.8 Å². The molecular weight excluding hydrogens is 323 g/mol. The summed E-state index contributed by atoms with van der Waals surface area (Å²) in [5.41, 5.74) is -1.34. The Morgan fingerprint density at radius 2 is 1.92 bits per heavy atom. The highest BCUT2D eigenvalue weighted by molar-refractivity contribution is 5.68. The predicted octanol–water partition coefficient (Wildman–Crippen LogP) is 3.55. The maximum Gasteiger partial charge on any atom is 0.417 e. The van der Waals surface area contributed by atoms with E-state index >= 15 is 0 Å². The topological polar surface area (TPSA) is 45.7 Å². The van der Waals surface area contributed by atoms with E-state index in [1.165, 1.54) is 6.07 Å². The smallest absolute Gasteiger partial charge is 0.417 e. The highest BCUT2D eigenvalue weighted by atomic mass is 19.4. The summed E-state index contributed by atoms with van der Waals surface area (Å²) in [4.78, 5) is 19.5. The van der Waals surface area contributed by atoms with Gasteiger partial charge in [-0.25, -0.2) is 9.78 Å². The Kier molecular flexibility index (Phi) is 4.96. The number of nitrogens with zero attached hydrogens (tertiary/aromatic N) is 3. The van der Waals surface area contributed by atoms with Crippen molar-refractivity contribution in [1.29, 1.82) is 0 Å². The highest BCUT2D eigenvalue weighted by Gasteiger charge is 2.33. The Bertz CT molecular complexity index is 582. The van der Waals surface area contributed by atoms with Crippen molar-refractivity contribution >= 4 is 11.9 Å². The first-order chi connectivity index (χ1) is 11.0. The third-order valence-corrected chi connectivity index (χ3v) is 3.65. The number of carbonyl (C=O) groups excluding carboxylic acids is 1. The van der Waals surface area contributed by atoms with Crippen LogP contribution in [-0.4, -0.2) is 47.3 Å². The van der Waals surface area contributed by atoms with Gasteiger partial charge in [-0.15, -0.1) is 0 Å².